The SMILES string of the molecule is CNC(Cc1cccc(F)c1)c1c(F)ccc(Br)c1F. The zero-order chi connectivity index (χ0) is 14.7. The van der Waals surface area contributed by atoms with Gasteiger partial charge in [-0.2, -0.15) is 0 Å². The number of nitrogens with one attached hydrogen (secondary N) is 1. The molecule has 1 nitrogen and oxygen atoms in total. The Morgan fingerprint density at radius 2 is 1.90 bits per heavy atom. The summed E-state index contributed by atoms with van der Waals surface area (Å²) in [7, 11) is 1.61. The number of benzene rings is 2. The highest BCUT2D eigenvalue weighted by atomic mass is 79.9. The summed E-state index contributed by atoms with van der Waals surface area (Å²) in [4.78, 5) is 0. The van der Waals surface area contributed by atoms with Crippen LogP contribution in [0.3, 0.4) is 0 Å². The van der Waals surface area contributed by atoms with Crippen molar-refractivity contribution in [3.05, 3.63) is 69.4 Å². The summed E-state index contributed by atoms with van der Waals surface area (Å²) in [5, 5.41) is 2.87. The first-order valence-corrected chi connectivity index (χ1v) is 6.87. The van der Waals surface area contributed by atoms with E-state index < -0.39 is 17.7 Å². The van der Waals surface area contributed by atoms with Gasteiger partial charge in [-0.15, -0.1) is 0 Å². The first kappa shape index (κ1) is 15.1. The van der Waals surface area contributed by atoms with E-state index in [4.69, 9.17) is 0 Å². The summed E-state index contributed by atoms with van der Waals surface area (Å²) >= 11 is 3.05. The average Bonchev–Trinajstić information content (AvgIpc) is 2.42. The number of halogens is 4. The van der Waals surface area contributed by atoms with Crippen molar-refractivity contribution in [3.8, 4) is 0 Å². The summed E-state index contributed by atoms with van der Waals surface area (Å²) in [6.07, 6.45) is 0.290. The topological polar surface area (TPSA) is 12.0 Å². The van der Waals surface area contributed by atoms with Gasteiger partial charge in [0.15, 0.2) is 0 Å². The third-order valence-corrected chi connectivity index (χ3v) is 3.72. The van der Waals surface area contributed by atoms with E-state index in [-0.39, 0.29) is 15.9 Å². The third kappa shape index (κ3) is 3.22. The van der Waals surface area contributed by atoms with Crippen LogP contribution in [0.4, 0.5) is 13.2 Å². The van der Waals surface area contributed by atoms with Gasteiger partial charge in [-0.3, -0.25) is 0 Å². The van der Waals surface area contributed by atoms with Crippen LogP contribution in [-0.2, 0) is 6.42 Å². The van der Waals surface area contributed by atoms with Gasteiger partial charge in [-0.05, 0) is 59.2 Å². The number of likely N-dealkylation sites (N-methyl/N-ethyl adjacent to an activating group) is 1. The molecule has 0 aromatic heterocycles. The van der Waals surface area contributed by atoms with Crippen LogP contribution in [0.15, 0.2) is 40.9 Å². The molecule has 2 aromatic rings. The molecule has 0 saturated heterocycles. The van der Waals surface area contributed by atoms with Crippen molar-refractivity contribution in [1.82, 2.24) is 5.32 Å². The van der Waals surface area contributed by atoms with Gasteiger partial charge in [-0.1, -0.05) is 12.1 Å². The lowest BCUT2D eigenvalue weighted by atomic mass is 9.98. The van der Waals surface area contributed by atoms with Crippen LogP contribution in [0.5, 0.6) is 0 Å². The molecule has 0 saturated carbocycles. The van der Waals surface area contributed by atoms with E-state index in [1.54, 1.807) is 19.2 Å². The van der Waals surface area contributed by atoms with Gasteiger partial charge < -0.3 is 5.32 Å². The second kappa shape index (κ2) is 6.41. The maximum Gasteiger partial charge on any atom is 0.145 e. The molecule has 5 heteroatoms. The summed E-state index contributed by atoms with van der Waals surface area (Å²) in [5.74, 6) is -1.63. The second-order valence-corrected chi connectivity index (χ2v) is 5.29. The van der Waals surface area contributed by atoms with E-state index in [1.807, 2.05) is 0 Å². The summed E-state index contributed by atoms with van der Waals surface area (Å²) in [5.41, 5.74) is 0.620. The fraction of sp³-hybridized carbons (Fsp3) is 0.200. The highest BCUT2D eigenvalue weighted by molar-refractivity contribution is 9.10. The Bertz CT molecular complexity index is 616. The fourth-order valence-electron chi connectivity index (χ4n) is 2.11. The van der Waals surface area contributed by atoms with Crippen molar-refractivity contribution < 1.29 is 13.2 Å². The molecule has 0 aliphatic rings. The summed E-state index contributed by atoms with van der Waals surface area (Å²) in [6, 6.07) is 7.94. The monoisotopic (exact) mass is 343 g/mol. The van der Waals surface area contributed by atoms with Gasteiger partial charge in [0.1, 0.15) is 17.5 Å². The lowest BCUT2D eigenvalue weighted by molar-refractivity contribution is 0.486. The van der Waals surface area contributed by atoms with Gasteiger partial charge >= 0.3 is 0 Å². The van der Waals surface area contributed by atoms with Crippen molar-refractivity contribution >= 4 is 15.9 Å². The highest BCUT2D eigenvalue weighted by Crippen LogP contribution is 2.28. The van der Waals surface area contributed by atoms with Crippen LogP contribution in [0.25, 0.3) is 0 Å². The molecule has 0 spiro atoms. The molecule has 106 valence electrons. The normalized spacial score (nSPS) is 12.4. The number of rotatable bonds is 4. The molecule has 20 heavy (non-hydrogen) atoms. The highest BCUT2D eigenvalue weighted by Gasteiger charge is 2.21. The minimum absolute atomic E-state index is 0.0499. The predicted molar refractivity (Wildman–Crippen MR) is 76.0 cm³/mol. The van der Waals surface area contributed by atoms with Crippen LogP contribution >= 0.6 is 15.9 Å². The van der Waals surface area contributed by atoms with Crippen LogP contribution in [0.2, 0.25) is 0 Å². The van der Waals surface area contributed by atoms with Gasteiger partial charge in [0.05, 0.1) is 4.47 Å². The second-order valence-electron chi connectivity index (χ2n) is 4.43. The molecule has 1 unspecified atom stereocenters. The van der Waals surface area contributed by atoms with Gasteiger partial charge in [0.2, 0.25) is 0 Å². The van der Waals surface area contributed by atoms with Gasteiger partial charge in [0.25, 0.3) is 0 Å². The zero-order valence-electron chi connectivity index (χ0n) is 10.8. The van der Waals surface area contributed by atoms with Gasteiger partial charge in [0, 0.05) is 11.6 Å². The van der Waals surface area contributed by atoms with Gasteiger partial charge in [-0.25, -0.2) is 13.2 Å². The van der Waals surface area contributed by atoms with E-state index in [1.165, 1.54) is 24.3 Å². The van der Waals surface area contributed by atoms with E-state index in [0.717, 1.165) is 0 Å². The van der Waals surface area contributed by atoms with Crippen molar-refractivity contribution in [3.63, 3.8) is 0 Å². The Balaban J connectivity index is 2.36. The largest absolute Gasteiger partial charge is 0.313 e. The quantitative estimate of drug-likeness (QED) is 0.813. The maximum atomic E-state index is 14.1. The molecule has 0 fully saturated rings. The summed E-state index contributed by atoms with van der Waals surface area (Å²) < 4.78 is 41.3. The first-order chi connectivity index (χ1) is 9.52. The minimum Gasteiger partial charge on any atom is -0.313 e. The van der Waals surface area contributed by atoms with Crippen molar-refractivity contribution in [2.45, 2.75) is 12.5 Å². The molecular weight excluding hydrogens is 331 g/mol. The molecule has 0 heterocycles. The molecule has 1 atom stereocenters. The van der Waals surface area contributed by atoms with E-state index in [9.17, 15) is 13.2 Å². The van der Waals surface area contributed by atoms with Crippen LogP contribution in [0.1, 0.15) is 17.2 Å². The number of hydrogen-bond acceptors (Lipinski definition) is 1. The lowest BCUT2D eigenvalue weighted by Crippen LogP contribution is -2.21. The molecule has 0 aliphatic heterocycles. The Labute approximate surface area is 123 Å². The molecule has 0 radical (unpaired) electrons. The molecule has 2 rings (SSSR count). The van der Waals surface area contributed by atoms with E-state index >= 15 is 0 Å². The van der Waals surface area contributed by atoms with Crippen molar-refractivity contribution in [2.24, 2.45) is 0 Å². The number of hydrogen-bond donors (Lipinski definition) is 1. The molecule has 1 N–H and O–H groups in total. The first-order valence-electron chi connectivity index (χ1n) is 6.08. The Morgan fingerprint density at radius 3 is 2.55 bits per heavy atom. The van der Waals surface area contributed by atoms with Crippen molar-refractivity contribution in [2.75, 3.05) is 7.05 Å². The van der Waals surface area contributed by atoms with E-state index in [2.05, 4.69) is 21.2 Å². The Hall–Kier alpha value is -1.33. The minimum atomic E-state index is -0.638. The molecule has 2 aromatic carbocycles. The van der Waals surface area contributed by atoms with Crippen molar-refractivity contribution in [1.29, 1.82) is 0 Å². The molecule has 0 bridgehead atoms. The average molecular weight is 344 g/mol. The smallest absolute Gasteiger partial charge is 0.145 e. The fourth-order valence-corrected chi connectivity index (χ4v) is 2.46. The standard InChI is InChI=1S/C15H13BrF3N/c1-20-13(8-9-3-2-4-10(17)7-9)14-12(18)6-5-11(16)15(14)19/h2-7,13,20H,8H2,1H3. The maximum absolute atomic E-state index is 14.1. The van der Waals surface area contributed by atoms with Crippen LogP contribution in [0, 0.1) is 17.5 Å². The molecular formula is C15H13BrF3N. The lowest BCUT2D eigenvalue weighted by Gasteiger charge is -2.19. The Kier molecular flexibility index (Phi) is 4.83. The van der Waals surface area contributed by atoms with Crippen LogP contribution in [-0.4, -0.2) is 7.05 Å². The third-order valence-electron chi connectivity index (χ3n) is 3.11. The summed E-state index contributed by atoms with van der Waals surface area (Å²) in [6.45, 7) is 0. The zero-order valence-corrected chi connectivity index (χ0v) is 12.3. The Morgan fingerprint density at radius 1 is 1.15 bits per heavy atom. The molecule has 0 amide bonds. The van der Waals surface area contributed by atoms with Crippen LogP contribution < -0.4 is 5.32 Å². The van der Waals surface area contributed by atoms with E-state index in [0.29, 0.717) is 12.0 Å². The molecule has 0 aliphatic carbocycles. The predicted octanol–water partition coefficient (Wildman–Crippen LogP) is 4.37.